The Morgan fingerprint density at radius 3 is 2.85 bits per heavy atom. The minimum absolute atomic E-state index is 0.0118. The number of aromatic nitrogens is 2. The van der Waals surface area contributed by atoms with Crippen molar-refractivity contribution >= 4 is 23.2 Å². The van der Waals surface area contributed by atoms with Crippen LogP contribution in [0.4, 0.5) is 5.69 Å². The van der Waals surface area contributed by atoms with Gasteiger partial charge in [-0.2, -0.15) is 5.10 Å². The molecule has 0 atom stereocenters. The second-order valence-corrected chi connectivity index (χ2v) is 4.86. The van der Waals surface area contributed by atoms with Crippen LogP contribution in [-0.4, -0.2) is 53.3 Å². The monoisotopic (exact) mass is 299 g/mol. The molecule has 1 aliphatic rings. The normalized spacial score (nSPS) is 15.2. The summed E-state index contributed by atoms with van der Waals surface area (Å²) in [7, 11) is 0. The van der Waals surface area contributed by atoms with Crippen LogP contribution < -0.4 is 16.2 Å². The molecule has 7 nitrogen and oxygen atoms in total. The molecule has 2 rings (SSSR count). The van der Waals surface area contributed by atoms with E-state index in [0.29, 0.717) is 25.3 Å². The summed E-state index contributed by atoms with van der Waals surface area (Å²) in [4.78, 5) is 25.5. The van der Waals surface area contributed by atoms with E-state index in [2.05, 4.69) is 15.7 Å². The third-order valence-electron chi connectivity index (χ3n) is 3.18. The topological polar surface area (TPSA) is 79.3 Å². The molecule has 2 N–H and O–H groups in total. The zero-order chi connectivity index (χ0) is 14.5. The first-order valence-corrected chi connectivity index (χ1v) is 6.99. The van der Waals surface area contributed by atoms with Gasteiger partial charge in [0.25, 0.3) is 5.56 Å². The molecule has 8 heteroatoms. The lowest BCUT2D eigenvalue weighted by Gasteiger charge is -2.27. The molecule has 1 saturated heterocycles. The molecule has 1 amide bonds. The van der Waals surface area contributed by atoms with Gasteiger partial charge in [-0.25, -0.2) is 4.68 Å². The van der Waals surface area contributed by atoms with Gasteiger partial charge in [0.1, 0.15) is 5.02 Å². The summed E-state index contributed by atoms with van der Waals surface area (Å²) in [6, 6.07) is 0. The SMILES string of the molecule is CCn1ncc(NCC(=O)N2CCNCC2)c(Cl)c1=O. The van der Waals surface area contributed by atoms with Gasteiger partial charge in [-0.3, -0.25) is 9.59 Å². The number of halogens is 1. The van der Waals surface area contributed by atoms with Crippen LogP contribution in [0.15, 0.2) is 11.0 Å². The lowest BCUT2D eigenvalue weighted by atomic mass is 10.3. The van der Waals surface area contributed by atoms with Crippen LogP contribution in [0.5, 0.6) is 0 Å². The van der Waals surface area contributed by atoms with Crippen LogP contribution in [-0.2, 0) is 11.3 Å². The predicted octanol–water partition coefficient (Wildman–Crippen LogP) is -0.240. The van der Waals surface area contributed by atoms with E-state index in [0.717, 1.165) is 13.1 Å². The van der Waals surface area contributed by atoms with E-state index in [1.165, 1.54) is 10.9 Å². The van der Waals surface area contributed by atoms with E-state index >= 15 is 0 Å². The van der Waals surface area contributed by atoms with Crippen molar-refractivity contribution in [1.82, 2.24) is 20.0 Å². The summed E-state index contributed by atoms with van der Waals surface area (Å²) in [5.41, 5.74) is 0.0404. The van der Waals surface area contributed by atoms with Gasteiger partial charge in [0.05, 0.1) is 18.4 Å². The molecule has 1 aromatic rings. The van der Waals surface area contributed by atoms with E-state index in [1.54, 1.807) is 4.90 Å². The Balaban J connectivity index is 1.98. The molecule has 1 aliphatic heterocycles. The first kappa shape index (κ1) is 14.8. The van der Waals surface area contributed by atoms with Crippen molar-refractivity contribution in [3.63, 3.8) is 0 Å². The molecular formula is C12H18ClN5O2. The molecule has 1 aromatic heterocycles. The number of anilines is 1. The number of carbonyl (C=O) groups is 1. The van der Waals surface area contributed by atoms with Crippen LogP contribution in [0, 0.1) is 0 Å². The highest BCUT2D eigenvalue weighted by Crippen LogP contribution is 2.14. The number of piperazine rings is 1. The Kier molecular flexibility index (Phi) is 4.97. The Labute approximate surface area is 121 Å². The smallest absolute Gasteiger partial charge is 0.287 e. The van der Waals surface area contributed by atoms with Gasteiger partial charge in [0.15, 0.2) is 0 Å². The highest BCUT2D eigenvalue weighted by atomic mass is 35.5. The van der Waals surface area contributed by atoms with Crippen molar-refractivity contribution in [3.8, 4) is 0 Å². The largest absolute Gasteiger partial charge is 0.373 e. The van der Waals surface area contributed by atoms with Gasteiger partial charge in [0.2, 0.25) is 5.91 Å². The van der Waals surface area contributed by atoms with Gasteiger partial charge in [-0.1, -0.05) is 11.6 Å². The van der Waals surface area contributed by atoms with E-state index < -0.39 is 0 Å². The first-order chi connectivity index (χ1) is 9.63. The molecule has 0 bridgehead atoms. The van der Waals surface area contributed by atoms with Crippen LogP contribution in [0.3, 0.4) is 0 Å². The van der Waals surface area contributed by atoms with Crippen LogP contribution >= 0.6 is 11.6 Å². The lowest BCUT2D eigenvalue weighted by molar-refractivity contribution is -0.129. The highest BCUT2D eigenvalue weighted by molar-refractivity contribution is 6.33. The average molecular weight is 300 g/mol. The number of aryl methyl sites for hydroxylation is 1. The van der Waals surface area contributed by atoms with Crippen molar-refractivity contribution in [1.29, 1.82) is 0 Å². The molecule has 0 saturated carbocycles. The zero-order valence-corrected chi connectivity index (χ0v) is 12.1. The fourth-order valence-electron chi connectivity index (χ4n) is 2.01. The van der Waals surface area contributed by atoms with E-state index in [4.69, 9.17) is 11.6 Å². The Hall–Kier alpha value is -1.60. The van der Waals surface area contributed by atoms with E-state index in [-0.39, 0.29) is 23.0 Å². The molecule has 0 unspecified atom stereocenters. The standard InChI is InChI=1S/C12H18ClN5O2/c1-2-18-12(20)11(13)9(7-16-18)15-8-10(19)17-5-3-14-4-6-17/h7,14-15H,2-6,8H2,1H3. The summed E-state index contributed by atoms with van der Waals surface area (Å²) in [5.74, 6) is -0.0118. The van der Waals surface area contributed by atoms with Crippen molar-refractivity contribution in [2.24, 2.45) is 0 Å². The summed E-state index contributed by atoms with van der Waals surface area (Å²) in [6.45, 7) is 5.39. The van der Waals surface area contributed by atoms with Crippen LogP contribution in [0.1, 0.15) is 6.92 Å². The maximum atomic E-state index is 12.0. The third kappa shape index (κ3) is 3.29. The minimum Gasteiger partial charge on any atom is -0.373 e. The van der Waals surface area contributed by atoms with Gasteiger partial charge in [0, 0.05) is 32.7 Å². The molecular weight excluding hydrogens is 282 g/mol. The number of carbonyl (C=O) groups excluding carboxylic acids is 1. The van der Waals surface area contributed by atoms with Gasteiger partial charge >= 0.3 is 0 Å². The van der Waals surface area contributed by atoms with Crippen molar-refractivity contribution < 1.29 is 4.79 Å². The van der Waals surface area contributed by atoms with E-state index in [1.807, 2.05) is 6.92 Å². The number of nitrogens with one attached hydrogen (secondary N) is 2. The molecule has 2 heterocycles. The molecule has 0 radical (unpaired) electrons. The first-order valence-electron chi connectivity index (χ1n) is 6.61. The summed E-state index contributed by atoms with van der Waals surface area (Å²) >= 11 is 5.98. The van der Waals surface area contributed by atoms with Crippen molar-refractivity contribution in [2.45, 2.75) is 13.5 Å². The van der Waals surface area contributed by atoms with E-state index in [9.17, 15) is 9.59 Å². The molecule has 0 aromatic carbocycles. The summed E-state index contributed by atoms with van der Waals surface area (Å²) < 4.78 is 1.27. The van der Waals surface area contributed by atoms with Crippen LogP contribution in [0.25, 0.3) is 0 Å². The Morgan fingerprint density at radius 1 is 1.50 bits per heavy atom. The van der Waals surface area contributed by atoms with Gasteiger partial charge in [-0.15, -0.1) is 0 Å². The lowest BCUT2D eigenvalue weighted by Crippen LogP contribution is -2.48. The Bertz CT molecular complexity index is 539. The zero-order valence-electron chi connectivity index (χ0n) is 11.4. The van der Waals surface area contributed by atoms with Gasteiger partial charge in [-0.05, 0) is 6.92 Å². The molecule has 20 heavy (non-hydrogen) atoms. The molecule has 0 aliphatic carbocycles. The predicted molar refractivity (Wildman–Crippen MR) is 77.1 cm³/mol. The number of nitrogens with zero attached hydrogens (tertiary/aromatic N) is 3. The van der Waals surface area contributed by atoms with Crippen molar-refractivity contribution in [2.75, 3.05) is 38.0 Å². The number of rotatable bonds is 4. The van der Waals surface area contributed by atoms with Crippen molar-refractivity contribution in [3.05, 3.63) is 21.6 Å². The second kappa shape index (κ2) is 6.71. The third-order valence-corrected chi connectivity index (χ3v) is 3.55. The maximum Gasteiger partial charge on any atom is 0.287 e. The fraction of sp³-hybridized carbons (Fsp3) is 0.583. The average Bonchev–Trinajstić information content (AvgIpc) is 2.49. The minimum atomic E-state index is -0.353. The van der Waals surface area contributed by atoms with Crippen LogP contribution in [0.2, 0.25) is 5.02 Å². The maximum absolute atomic E-state index is 12.0. The van der Waals surface area contributed by atoms with Gasteiger partial charge < -0.3 is 15.5 Å². The molecule has 110 valence electrons. The number of hydrogen-bond acceptors (Lipinski definition) is 5. The number of amides is 1. The number of hydrogen-bond donors (Lipinski definition) is 2. The Morgan fingerprint density at radius 2 is 2.20 bits per heavy atom. The second-order valence-electron chi connectivity index (χ2n) is 4.48. The quantitative estimate of drug-likeness (QED) is 0.802. The summed E-state index contributed by atoms with van der Waals surface area (Å²) in [6.07, 6.45) is 1.47. The molecule has 1 fully saturated rings. The molecule has 0 spiro atoms. The highest BCUT2D eigenvalue weighted by Gasteiger charge is 2.16. The summed E-state index contributed by atoms with van der Waals surface area (Å²) in [5, 5.41) is 10.1. The fourth-order valence-corrected chi connectivity index (χ4v) is 2.22.